The number of alkyl halides is 3. The van der Waals surface area contributed by atoms with Crippen LogP contribution >= 0.6 is 11.6 Å². The summed E-state index contributed by atoms with van der Waals surface area (Å²) >= 11 is 6.05. The molecule has 0 spiro atoms. The molecule has 2 aromatic carbocycles. The number of aromatic nitrogens is 3. The monoisotopic (exact) mass is 575 g/mol. The van der Waals surface area contributed by atoms with Gasteiger partial charge in [-0.1, -0.05) is 23.7 Å². The first-order valence-corrected chi connectivity index (χ1v) is 12.1. The summed E-state index contributed by atoms with van der Waals surface area (Å²) in [5, 5.41) is 12.4. The largest absolute Gasteiger partial charge is 0.463 e. The molecule has 4 rings (SSSR count). The second-order valence-electron chi connectivity index (χ2n) is 8.93. The summed E-state index contributed by atoms with van der Waals surface area (Å²) in [5.41, 5.74) is -0.172. The molecule has 0 aliphatic heterocycles. The summed E-state index contributed by atoms with van der Waals surface area (Å²) in [6.07, 6.45) is -3.26. The van der Waals surface area contributed by atoms with Gasteiger partial charge in [0.2, 0.25) is 5.62 Å². The Balaban J connectivity index is 1.78. The molecule has 208 valence electrons. The second kappa shape index (κ2) is 11.3. The fraction of sp³-hybridized carbons (Fsp3) is 0.185. The topological polar surface area (TPSA) is 102 Å². The lowest BCUT2D eigenvalue weighted by Gasteiger charge is -2.15. The van der Waals surface area contributed by atoms with Gasteiger partial charge in [-0.2, -0.15) is 13.2 Å². The lowest BCUT2D eigenvalue weighted by Crippen LogP contribution is -2.27. The van der Waals surface area contributed by atoms with E-state index in [1.54, 1.807) is 38.4 Å². The second-order valence-corrected chi connectivity index (χ2v) is 9.34. The van der Waals surface area contributed by atoms with Crippen LogP contribution in [0.3, 0.4) is 0 Å². The number of carbonyl (C=O) groups is 2. The Kier molecular flexibility index (Phi) is 8.10. The Morgan fingerprint density at radius 1 is 1.07 bits per heavy atom. The minimum atomic E-state index is -4.90. The van der Waals surface area contributed by atoms with Crippen molar-refractivity contribution in [2.75, 3.05) is 0 Å². The van der Waals surface area contributed by atoms with Crippen LogP contribution in [0.1, 0.15) is 32.7 Å². The van der Waals surface area contributed by atoms with Gasteiger partial charge in [0.1, 0.15) is 11.5 Å². The molecule has 0 saturated carbocycles. The van der Waals surface area contributed by atoms with Crippen LogP contribution in [-0.2, 0) is 26.3 Å². The van der Waals surface area contributed by atoms with E-state index in [1.807, 2.05) is 0 Å². The van der Waals surface area contributed by atoms with E-state index < -0.39 is 35.1 Å². The molecule has 0 fully saturated rings. The van der Waals surface area contributed by atoms with E-state index in [9.17, 15) is 27.2 Å². The number of nitrogens with one attached hydrogen (secondary N) is 1. The lowest BCUT2D eigenvalue weighted by atomic mass is 10.0. The maximum absolute atomic E-state index is 13.8. The number of rotatable bonds is 6. The van der Waals surface area contributed by atoms with Gasteiger partial charge in [-0.3, -0.25) is 4.79 Å². The number of pyridine rings is 1. The third kappa shape index (κ3) is 6.57. The quantitative estimate of drug-likeness (QED) is 0.294. The summed E-state index contributed by atoms with van der Waals surface area (Å²) in [7, 11) is 1.57. The van der Waals surface area contributed by atoms with E-state index in [-0.39, 0.29) is 30.1 Å². The number of imidazole rings is 1. The summed E-state index contributed by atoms with van der Waals surface area (Å²) in [6.45, 7) is 1.84. The Bertz CT molecular complexity index is 1680. The highest BCUT2D eigenvalue weighted by Gasteiger charge is 2.34. The normalized spacial score (nSPS) is 12.0. The molecule has 0 saturated heterocycles. The van der Waals surface area contributed by atoms with Gasteiger partial charge in [0.15, 0.2) is 0 Å². The fourth-order valence-corrected chi connectivity index (χ4v) is 4.18. The number of halogens is 5. The summed E-state index contributed by atoms with van der Waals surface area (Å²) in [4.78, 5) is 32.0. The van der Waals surface area contributed by atoms with Crippen LogP contribution in [0.5, 0.6) is 0 Å². The molecule has 13 heteroatoms. The molecule has 4 aromatic rings. The standard InChI is InChI=1S/C27H22ClF4N5O3/c1-15-9-16(3-6-21(15)28)13-33-24(38)23-11-17(14-37-8-7-36(2)25(37)35-26(39)40)10-22(34-23)19-5-4-18(29)12-20(19)27(30,31)32/h3-12H,13-14H2,1-2H3,(H,33,38)(H,39,40)/b35-25-. The molecular weight excluding hydrogens is 554 g/mol. The zero-order chi connectivity index (χ0) is 29.2. The molecule has 0 aliphatic rings. The molecule has 2 amide bonds. The Hall–Kier alpha value is -4.45. The van der Waals surface area contributed by atoms with Crippen LogP contribution in [0, 0.1) is 12.7 Å². The molecule has 0 unspecified atom stereocenters. The van der Waals surface area contributed by atoms with Gasteiger partial charge in [0.25, 0.3) is 5.91 Å². The van der Waals surface area contributed by atoms with Crippen LogP contribution in [0.4, 0.5) is 22.4 Å². The van der Waals surface area contributed by atoms with E-state index >= 15 is 0 Å². The number of hydrogen-bond donors (Lipinski definition) is 2. The van der Waals surface area contributed by atoms with Crippen LogP contribution < -0.4 is 10.9 Å². The molecule has 40 heavy (non-hydrogen) atoms. The molecule has 0 bridgehead atoms. The minimum absolute atomic E-state index is 0.0488. The van der Waals surface area contributed by atoms with Crippen LogP contribution in [0.25, 0.3) is 11.3 Å². The van der Waals surface area contributed by atoms with Crippen LogP contribution in [0.2, 0.25) is 5.02 Å². The Morgan fingerprint density at radius 3 is 2.50 bits per heavy atom. The molecular formula is C27H22ClF4N5O3. The highest BCUT2D eigenvalue weighted by Crippen LogP contribution is 2.37. The van der Waals surface area contributed by atoms with E-state index in [0.717, 1.165) is 23.3 Å². The van der Waals surface area contributed by atoms with Gasteiger partial charge in [-0.25, -0.2) is 14.2 Å². The molecule has 2 aromatic heterocycles. The first-order chi connectivity index (χ1) is 18.8. The van der Waals surface area contributed by atoms with Crippen molar-refractivity contribution in [3.8, 4) is 11.3 Å². The first-order valence-electron chi connectivity index (χ1n) is 11.7. The average Bonchev–Trinajstić information content (AvgIpc) is 3.21. The minimum Gasteiger partial charge on any atom is -0.463 e. The summed E-state index contributed by atoms with van der Waals surface area (Å²) in [6, 6.07) is 10.1. The zero-order valence-electron chi connectivity index (χ0n) is 21.1. The van der Waals surface area contributed by atoms with Gasteiger partial charge in [0, 0.05) is 36.6 Å². The molecule has 2 N–H and O–H groups in total. The van der Waals surface area contributed by atoms with Crippen molar-refractivity contribution in [3.05, 3.63) is 105 Å². The number of benzene rings is 2. The van der Waals surface area contributed by atoms with Crippen molar-refractivity contribution in [1.29, 1.82) is 0 Å². The number of aryl methyl sites for hydroxylation is 2. The first kappa shape index (κ1) is 28.6. The smallest absolute Gasteiger partial charge is 0.434 e. The number of amides is 2. The van der Waals surface area contributed by atoms with E-state index in [1.165, 1.54) is 27.5 Å². The molecule has 8 nitrogen and oxygen atoms in total. The number of carboxylic acid groups (broad SMARTS) is 1. The molecule has 0 aliphatic carbocycles. The third-order valence-corrected chi connectivity index (χ3v) is 6.37. The number of hydrogen-bond acceptors (Lipinski definition) is 3. The number of nitrogens with zero attached hydrogens (tertiary/aromatic N) is 4. The SMILES string of the molecule is Cc1cc(CNC(=O)c2cc(Cn3ccn(C)/c3=N/C(=O)O)cc(-c3ccc(F)cc3C(F)(F)F)n2)ccc1Cl. The molecule has 2 heterocycles. The van der Waals surface area contributed by atoms with Crippen LogP contribution in [-0.4, -0.2) is 31.2 Å². The van der Waals surface area contributed by atoms with Crippen molar-refractivity contribution in [1.82, 2.24) is 19.4 Å². The predicted octanol–water partition coefficient (Wildman–Crippen LogP) is 5.57. The maximum Gasteiger partial charge on any atom is 0.434 e. The van der Waals surface area contributed by atoms with E-state index in [0.29, 0.717) is 16.7 Å². The Morgan fingerprint density at radius 2 is 1.82 bits per heavy atom. The van der Waals surface area contributed by atoms with Crippen molar-refractivity contribution < 1.29 is 32.3 Å². The molecule has 0 atom stereocenters. The van der Waals surface area contributed by atoms with E-state index in [4.69, 9.17) is 16.7 Å². The highest BCUT2D eigenvalue weighted by atomic mass is 35.5. The van der Waals surface area contributed by atoms with Gasteiger partial charge in [0.05, 0.1) is 17.8 Å². The fourth-order valence-electron chi connectivity index (χ4n) is 4.06. The average molecular weight is 576 g/mol. The van der Waals surface area contributed by atoms with Crippen molar-refractivity contribution in [2.24, 2.45) is 12.0 Å². The predicted molar refractivity (Wildman–Crippen MR) is 138 cm³/mol. The molecule has 0 radical (unpaired) electrons. The summed E-state index contributed by atoms with van der Waals surface area (Å²) in [5.74, 6) is -1.75. The zero-order valence-corrected chi connectivity index (χ0v) is 21.9. The van der Waals surface area contributed by atoms with E-state index in [2.05, 4.69) is 15.3 Å². The van der Waals surface area contributed by atoms with Gasteiger partial charge >= 0.3 is 12.3 Å². The Labute approximate surface area is 230 Å². The van der Waals surface area contributed by atoms with Crippen molar-refractivity contribution >= 4 is 23.6 Å². The van der Waals surface area contributed by atoms with Crippen molar-refractivity contribution in [2.45, 2.75) is 26.2 Å². The highest BCUT2D eigenvalue weighted by molar-refractivity contribution is 6.31. The van der Waals surface area contributed by atoms with Gasteiger partial charge in [-0.15, -0.1) is 4.99 Å². The van der Waals surface area contributed by atoms with Crippen molar-refractivity contribution in [3.63, 3.8) is 0 Å². The lowest BCUT2D eigenvalue weighted by molar-refractivity contribution is -0.137. The van der Waals surface area contributed by atoms with Gasteiger partial charge < -0.3 is 19.6 Å². The van der Waals surface area contributed by atoms with Gasteiger partial charge in [-0.05, 0) is 60.0 Å². The third-order valence-electron chi connectivity index (χ3n) is 5.95. The maximum atomic E-state index is 13.8. The number of carbonyl (C=O) groups excluding carboxylic acids is 1. The van der Waals surface area contributed by atoms with Crippen LogP contribution in [0.15, 0.2) is 65.9 Å². The summed E-state index contributed by atoms with van der Waals surface area (Å²) < 4.78 is 58.1.